The van der Waals surface area contributed by atoms with Crippen LogP contribution >= 0.6 is 11.8 Å². The Hall–Kier alpha value is -1.49. The number of carbonyl (C=O) groups excluding carboxylic acids is 2. The predicted octanol–water partition coefficient (Wildman–Crippen LogP) is 2.15. The molecule has 106 valence electrons. The summed E-state index contributed by atoms with van der Waals surface area (Å²) in [5.74, 6) is 2.33. The smallest absolute Gasteiger partial charge is 0.253 e. The van der Waals surface area contributed by atoms with Crippen molar-refractivity contribution in [3.8, 4) is 0 Å². The maximum absolute atomic E-state index is 12.5. The van der Waals surface area contributed by atoms with Gasteiger partial charge < -0.3 is 10.2 Å². The van der Waals surface area contributed by atoms with Gasteiger partial charge in [-0.1, -0.05) is 0 Å². The molecule has 20 heavy (non-hydrogen) atoms. The number of rotatable bonds is 1. The summed E-state index contributed by atoms with van der Waals surface area (Å²) in [6, 6.07) is 5.62. The normalized spacial score (nSPS) is 19.0. The largest absolute Gasteiger partial charge is 0.338 e. The summed E-state index contributed by atoms with van der Waals surface area (Å²) in [6.07, 6.45) is 2.29. The van der Waals surface area contributed by atoms with Gasteiger partial charge in [-0.25, -0.2) is 0 Å². The minimum absolute atomic E-state index is 0.0566. The monoisotopic (exact) mass is 290 g/mol. The van der Waals surface area contributed by atoms with E-state index in [1.807, 2.05) is 34.9 Å². The van der Waals surface area contributed by atoms with Crippen molar-refractivity contribution in [2.45, 2.75) is 19.3 Å². The summed E-state index contributed by atoms with van der Waals surface area (Å²) in [7, 11) is 0. The third-order valence-electron chi connectivity index (χ3n) is 3.76. The molecule has 0 radical (unpaired) electrons. The average Bonchev–Trinajstić information content (AvgIpc) is 2.75. The molecule has 1 saturated heterocycles. The number of nitrogens with one attached hydrogen (secondary N) is 1. The van der Waals surface area contributed by atoms with E-state index >= 15 is 0 Å². The SMILES string of the molecule is O=C1CCc2cc(C(=O)N3CCCSCC3)ccc2N1. The first kappa shape index (κ1) is 13.5. The highest BCUT2D eigenvalue weighted by Gasteiger charge is 2.20. The molecule has 2 aliphatic heterocycles. The zero-order valence-electron chi connectivity index (χ0n) is 11.4. The van der Waals surface area contributed by atoms with Gasteiger partial charge in [0, 0.05) is 36.5 Å². The maximum atomic E-state index is 12.5. The number of nitrogens with zero attached hydrogens (tertiary/aromatic N) is 1. The molecule has 0 saturated carbocycles. The van der Waals surface area contributed by atoms with E-state index in [4.69, 9.17) is 0 Å². The molecule has 3 rings (SSSR count). The van der Waals surface area contributed by atoms with Crippen molar-refractivity contribution in [3.63, 3.8) is 0 Å². The molecular formula is C15H18N2O2S. The number of anilines is 1. The summed E-state index contributed by atoms with van der Waals surface area (Å²) in [4.78, 5) is 25.8. The van der Waals surface area contributed by atoms with Crippen LogP contribution in [0.3, 0.4) is 0 Å². The number of benzene rings is 1. The van der Waals surface area contributed by atoms with E-state index in [-0.39, 0.29) is 11.8 Å². The first-order valence-electron chi connectivity index (χ1n) is 7.04. The van der Waals surface area contributed by atoms with Gasteiger partial charge in [0.25, 0.3) is 5.91 Å². The molecular weight excluding hydrogens is 272 g/mol. The van der Waals surface area contributed by atoms with Gasteiger partial charge >= 0.3 is 0 Å². The van der Waals surface area contributed by atoms with Gasteiger partial charge in [-0.2, -0.15) is 11.8 Å². The van der Waals surface area contributed by atoms with Crippen LogP contribution in [0.2, 0.25) is 0 Å². The Morgan fingerprint density at radius 2 is 2.10 bits per heavy atom. The Kier molecular flexibility index (Phi) is 3.96. The Morgan fingerprint density at radius 1 is 1.20 bits per heavy atom. The summed E-state index contributed by atoms with van der Waals surface area (Å²) < 4.78 is 0. The molecule has 1 aromatic rings. The van der Waals surface area contributed by atoms with E-state index in [0.717, 1.165) is 54.3 Å². The van der Waals surface area contributed by atoms with Gasteiger partial charge in [-0.15, -0.1) is 0 Å². The third-order valence-corrected chi connectivity index (χ3v) is 4.81. The molecule has 2 amide bonds. The first-order valence-corrected chi connectivity index (χ1v) is 8.19. The van der Waals surface area contributed by atoms with Gasteiger partial charge in [0.15, 0.2) is 0 Å². The highest BCUT2D eigenvalue weighted by atomic mass is 32.2. The van der Waals surface area contributed by atoms with Crippen LogP contribution in [0.4, 0.5) is 5.69 Å². The number of fused-ring (bicyclic) bond motifs is 1. The van der Waals surface area contributed by atoms with Crippen molar-refractivity contribution < 1.29 is 9.59 Å². The summed E-state index contributed by atoms with van der Waals surface area (Å²) in [5, 5.41) is 2.85. The second-order valence-electron chi connectivity index (χ2n) is 5.18. The molecule has 0 bridgehead atoms. The second kappa shape index (κ2) is 5.87. The lowest BCUT2D eigenvalue weighted by Gasteiger charge is -2.22. The summed E-state index contributed by atoms with van der Waals surface area (Å²) in [6.45, 7) is 1.68. The zero-order valence-corrected chi connectivity index (χ0v) is 12.2. The molecule has 2 aliphatic rings. The average molecular weight is 290 g/mol. The van der Waals surface area contributed by atoms with Crippen LogP contribution in [0.1, 0.15) is 28.8 Å². The number of hydrogen-bond donors (Lipinski definition) is 1. The Morgan fingerprint density at radius 3 is 3.00 bits per heavy atom. The van der Waals surface area contributed by atoms with Crippen molar-refractivity contribution in [3.05, 3.63) is 29.3 Å². The van der Waals surface area contributed by atoms with Crippen molar-refractivity contribution in [1.29, 1.82) is 0 Å². The van der Waals surface area contributed by atoms with Gasteiger partial charge in [0.1, 0.15) is 0 Å². The molecule has 0 unspecified atom stereocenters. The maximum Gasteiger partial charge on any atom is 0.253 e. The van der Waals surface area contributed by atoms with Crippen LogP contribution in [0.25, 0.3) is 0 Å². The van der Waals surface area contributed by atoms with Crippen molar-refractivity contribution in [2.24, 2.45) is 0 Å². The number of carbonyl (C=O) groups is 2. The molecule has 0 spiro atoms. The van der Waals surface area contributed by atoms with Crippen LogP contribution in [0, 0.1) is 0 Å². The van der Waals surface area contributed by atoms with Crippen molar-refractivity contribution in [1.82, 2.24) is 4.90 Å². The molecule has 4 nitrogen and oxygen atoms in total. The van der Waals surface area contributed by atoms with Gasteiger partial charge in [-0.05, 0) is 42.4 Å². The van der Waals surface area contributed by atoms with E-state index in [1.165, 1.54) is 0 Å². The summed E-state index contributed by atoms with van der Waals surface area (Å²) >= 11 is 1.91. The lowest BCUT2D eigenvalue weighted by atomic mass is 10.00. The summed E-state index contributed by atoms with van der Waals surface area (Å²) in [5.41, 5.74) is 2.66. The van der Waals surface area contributed by atoms with E-state index in [2.05, 4.69) is 5.32 Å². The molecule has 1 fully saturated rings. The standard InChI is InChI=1S/C15H18N2O2S/c18-14-5-3-11-10-12(2-4-13(11)16-14)15(19)17-6-1-8-20-9-7-17/h2,4,10H,1,3,5-9H2,(H,16,18). The third kappa shape index (κ3) is 2.82. The van der Waals surface area contributed by atoms with E-state index < -0.39 is 0 Å². The van der Waals surface area contributed by atoms with Crippen LogP contribution in [-0.4, -0.2) is 41.3 Å². The molecule has 0 atom stereocenters. The van der Waals surface area contributed by atoms with Crippen LogP contribution < -0.4 is 5.32 Å². The number of aryl methyl sites for hydroxylation is 1. The highest BCUT2D eigenvalue weighted by molar-refractivity contribution is 7.99. The Bertz CT molecular complexity index is 537. The van der Waals surface area contributed by atoms with E-state index in [9.17, 15) is 9.59 Å². The first-order chi connectivity index (χ1) is 9.74. The highest BCUT2D eigenvalue weighted by Crippen LogP contribution is 2.24. The van der Waals surface area contributed by atoms with Gasteiger partial charge in [0.05, 0.1) is 0 Å². The van der Waals surface area contributed by atoms with Gasteiger partial charge in [-0.3, -0.25) is 9.59 Å². The molecule has 1 aromatic carbocycles. The number of amides is 2. The second-order valence-corrected chi connectivity index (χ2v) is 6.40. The number of thioether (sulfide) groups is 1. The van der Waals surface area contributed by atoms with Crippen LogP contribution in [0.15, 0.2) is 18.2 Å². The van der Waals surface area contributed by atoms with Crippen molar-refractivity contribution >= 4 is 29.3 Å². The fraction of sp³-hybridized carbons (Fsp3) is 0.467. The Balaban J connectivity index is 1.79. The topological polar surface area (TPSA) is 49.4 Å². The van der Waals surface area contributed by atoms with E-state index in [1.54, 1.807) is 0 Å². The molecule has 0 aromatic heterocycles. The molecule has 1 N–H and O–H groups in total. The minimum atomic E-state index is 0.0566. The van der Waals surface area contributed by atoms with E-state index in [0.29, 0.717) is 6.42 Å². The van der Waals surface area contributed by atoms with Gasteiger partial charge in [0.2, 0.25) is 5.91 Å². The lowest BCUT2D eigenvalue weighted by molar-refractivity contribution is -0.116. The predicted molar refractivity (Wildman–Crippen MR) is 81.2 cm³/mol. The molecule has 2 heterocycles. The van der Waals surface area contributed by atoms with Crippen molar-refractivity contribution in [2.75, 3.05) is 29.9 Å². The molecule has 5 heteroatoms. The molecule has 0 aliphatic carbocycles. The van der Waals surface area contributed by atoms with Crippen LogP contribution in [-0.2, 0) is 11.2 Å². The fourth-order valence-corrected chi connectivity index (χ4v) is 3.54. The van der Waals surface area contributed by atoms with Crippen LogP contribution in [0.5, 0.6) is 0 Å². The Labute approximate surface area is 122 Å². The minimum Gasteiger partial charge on any atom is -0.338 e. The number of hydrogen-bond acceptors (Lipinski definition) is 3. The quantitative estimate of drug-likeness (QED) is 0.862. The fourth-order valence-electron chi connectivity index (χ4n) is 2.65. The lowest BCUT2D eigenvalue weighted by Crippen LogP contribution is -2.33. The zero-order chi connectivity index (χ0) is 13.9.